The molecule has 4 N–H and O–H groups in total. The van der Waals surface area contributed by atoms with Crippen LogP contribution in [0.1, 0.15) is 24.8 Å². The van der Waals surface area contributed by atoms with Gasteiger partial charge in [0, 0.05) is 31.9 Å². The van der Waals surface area contributed by atoms with E-state index in [0.717, 1.165) is 62.0 Å². The second-order valence-electron chi connectivity index (χ2n) is 6.70. The van der Waals surface area contributed by atoms with Gasteiger partial charge >= 0.3 is 0 Å². The molecule has 27 heavy (non-hydrogen) atoms. The maximum Gasteiger partial charge on any atom is 0.290 e. The van der Waals surface area contributed by atoms with Gasteiger partial charge in [-0.25, -0.2) is 0 Å². The molecule has 0 saturated carbocycles. The standard InChI is InChI=1S/C19H26N4O3S/c20-8-3-7-17(24)23-10-4-9-22(11-12-23)15-6-2-1-5-14(15)13-16-18(25)21-19(26)27-16/h1-2,5-6,13,17,24H,3-4,7-12,20H2,(H,21,25,26). The van der Waals surface area contributed by atoms with Crippen molar-refractivity contribution in [3.63, 3.8) is 0 Å². The van der Waals surface area contributed by atoms with Crippen molar-refractivity contribution in [3.05, 3.63) is 34.7 Å². The second kappa shape index (κ2) is 9.36. The molecule has 2 aliphatic rings. The van der Waals surface area contributed by atoms with Crippen molar-refractivity contribution >= 4 is 34.7 Å². The van der Waals surface area contributed by atoms with Crippen LogP contribution in [0.4, 0.5) is 10.5 Å². The third-order valence-electron chi connectivity index (χ3n) is 4.82. The molecule has 2 saturated heterocycles. The average molecular weight is 391 g/mol. The molecule has 1 atom stereocenters. The smallest absolute Gasteiger partial charge is 0.290 e. The van der Waals surface area contributed by atoms with Crippen molar-refractivity contribution in [1.29, 1.82) is 0 Å². The third-order valence-corrected chi connectivity index (χ3v) is 5.64. The number of carbonyl (C=O) groups excluding carboxylic acids is 2. The quantitative estimate of drug-likeness (QED) is 0.634. The minimum absolute atomic E-state index is 0.333. The Morgan fingerprint density at radius 3 is 2.78 bits per heavy atom. The van der Waals surface area contributed by atoms with Crippen LogP contribution in [0.3, 0.4) is 0 Å². The number of aliphatic hydroxyl groups is 1. The SMILES string of the molecule is NCCCC(O)N1CCCN(c2ccccc2C=C2SC(=O)NC2=O)CC1. The van der Waals surface area contributed by atoms with Crippen molar-refractivity contribution in [2.45, 2.75) is 25.5 Å². The highest BCUT2D eigenvalue weighted by Crippen LogP contribution is 2.30. The van der Waals surface area contributed by atoms with Crippen LogP contribution in [-0.4, -0.2) is 60.1 Å². The first-order chi connectivity index (χ1) is 13.1. The van der Waals surface area contributed by atoms with Gasteiger partial charge in [-0.15, -0.1) is 0 Å². The Morgan fingerprint density at radius 1 is 1.22 bits per heavy atom. The third kappa shape index (κ3) is 5.10. The van der Waals surface area contributed by atoms with E-state index in [1.165, 1.54) is 0 Å². The fraction of sp³-hybridized carbons (Fsp3) is 0.474. The lowest BCUT2D eigenvalue weighted by Gasteiger charge is -2.27. The van der Waals surface area contributed by atoms with Crippen molar-refractivity contribution in [2.75, 3.05) is 37.6 Å². The van der Waals surface area contributed by atoms with Crippen LogP contribution in [0.2, 0.25) is 0 Å². The molecule has 0 aromatic heterocycles. The van der Waals surface area contributed by atoms with Gasteiger partial charge in [-0.3, -0.25) is 19.8 Å². The summed E-state index contributed by atoms with van der Waals surface area (Å²) in [5, 5.41) is 12.3. The number of nitrogens with zero attached hydrogens (tertiary/aromatic N) is 2. The Morgan fingerprint density at radius 2 is 2.04 bits per heavy atom. The number of hydrogen-bond donors (Lipinski definition) is 3. The summed E-state index contributed by atoms with van der Waals surface area (Å²) >= 11 is 0.931. The Hall–Kier alpha value is -1.87. The minimum Gasteiger partial charge on any atom is -0.378 e. The molecule has 146 valence electrons. The van der Waals surface area contributed by atoms with E-state index in [2.05, 4.69) is 15.1 Å². The van der Waals surface area contributed by atoms with Crippen LogP contribution < -0.4 is 16.0 Å². The molecule has 8 heteroatoms. The maximum atomic E-state index is 11.9. The lowest BCUT2D eigenvalue weighted by molar-refractivity contribution is -0.115. The topological polar surface area (TPSA) is 98.9 Å². The molecule has 2 fully saturated rings. The molecule has 0 radical (unpaired) electrons. The second-order valence-corrected chi connectivity index (χ2v) is 7.71. The van der Waals surface area contributed by atoms with Crippen LogP contribution in [-0.2, 0) is 4.79 Å². The zero-order valence-electron chi connectivity index (χ0n) is 15.3. The molecule has 0 bridgehead atoms. The van der Waals surface area contributed by atoms with E-state index in [9.17, 15) is 14.7 Å². The number of nitrogens with one attached hydrogen (secondary N) is 1. The highest BCUT2D eigenvalue weighted by atomic mass is 32.2. The van der Waals surface area contributed by atoms with Crippen molar-refractivity contribution in [2.24, 2.45) is 5.73 Å². The number of thioether (sulfide) groups is 1. The molecule has 1 aromatic carbocycles. The summed E-state index contributed by atoms with van der Waals surface area (Å²) in [5.74, 6) is -0.343. The van der Waals surface area contributed by atoms with E-state index in [4.69, 9.17) is 5.73 Å². The van der Waals surface area contributed by atoms with Gasteiger partial charge in [0.15, 0.2) is 0 Å². The first-order valence-corrected chi connectivity index (χ1v) is 10.1. The lowest BCUT2D eigenvalue weighted by atomic mass is 10.1. The van der Waals surface area contributed by atoms with E-state index in [-0.39, 0.29) is 11.1 Å². The van der Waals surface area contributed by atoms with Gasteiger partial charge in [0.1, 0.15) is 6.23 Å². The number of hydrogen-bond acceptors (Lipinski definition) is 7. The molecule has 2 amide bonds. The van der Waals surface area contributed by atoms with Crippen LogP contribution in [0.15, 0.2) is 29.2 Å². The Balaban J connectivity index is 1.73. The largest absolute Gasteiger partial charge is 0.378 e. The number of carbonyl (C=O) groups is 2. The summed E-state index contributed by atoms with van der Waals surface area (Å²) in [4.78, 5) is 28.1. The zero-order chi connectivity index (χ0) is 19.2. The summed E-state index contributed by atoms with van der Waals surface area (Å²) in [7, 11) is 0. The van der Waals surface area contributed by atoms with Gasteiger partial charge in [0.2, 0.25) is 0 Å². The van der Waals surface area contributed by atoms with Crippen LogP contribution in [0.5, 0.6) is 0 Å². The number of amides is 2. The van der Waals surface area contributed by atoms with E-state index in [1.54, 1.807) is 6.08 Å². The number of para-hydroxylation sites is 1. The Kier molecular flexibility index (Phi) is 6.89. The number of benzene rings is 1. The van der Waals surface area contributed by atoms with Gasteiger partial charge in [-0.2, -0.15) is 0 Å². The van der Waals surface area contributed by atoms with E-state index < -0.39 is 6.23 Å². The highest BCUT2D eigenvalue weighted by molar-refractivity contribution is 8.18. The maximum absolute atomic E-state index is 11.9. The number of anilines is 1. The summed E-state index contributed by atoms with van der Waals surface area (Å²) in [5.41, 5.74) is 7.50. The number of rotatable bonds is 6. The van der Waals surface area contributed by atoms with Gasteiger partial charge in [0.05, 0.1) is 4.91 Å². The summed E-state index contributed by atoms with van der Waals surface area (Å²) in [6.45, 7) is 3.87. The normalized spacial score (nSPS) is 21.4. The molecule has 0 aliphatic carbocycles. The zero-order valence-corrected chi connectivity index (χ0v) is 16.1. The van der Waals surface area contributed by atoms with Crippen LogP contribution in [0, 0.1) is 0 Å². The molecule has 3 rings (SSSR count). The minimum atomic E-state index is -0.449. The average Bonchev–Trinajstić information content (AvgIpc) is 2.86. The van der Waals surface area contributed by atoms with Crippen molar-refractivity contribution in [3.8, 4) is 0 Å². The number of nitrogens with two attached hydrogens (primary N) is 1. The predicted molar refractivity (Wildman–Crippen MR) is 108 cm³/mol. The molecular formula is C19H26N4O3S. The molecular weight excluding hydrogens is 364 g/mol. The summed E-state index contributed by atoms with van der Waals surface area (Å²) in [6, 6.07) is 7.89. The predicted octanol–water partition coefficient (Wildman–Crippen LogP) is 1.58. The molecule has 2 heterocycles. The lowest BCUT2D eigenvalue weighted by Crippen LogP contribution is -2.38. The van der Waals surface area contributed by atoms with E-state index in [1.807, 2.05) is 24.3 Å². The van der Waals surface area contributed by atoms with E-state index >= 15 is 0 Å². The first kappa shape index (κ1) is 19.9. The molecule has 0 spiro atoms. The van der Waals surface area contributed by atoms with Gasteiger partial charge in [0.25, 0.3) is 11.1 Å². The molecule has 1 aromatic rings. The fourth-order valence-electron chi connectivity index (χ4n) is 3.42. The number of aliphatic hydroxyl groups excluding tert-OH is 1. The summed E-state index contributed by atoms with van der Waals surface area (Å²) < 4.78 is 0. The molecule has 2 aliphatic heterocycles. The van der Waals surface area contributed by atoms with Crippen LogP contribution in [0.25, 0.3) is 6.08 Å². The first-order valence-electron chi connectivity index (χ1n) is 9.29. The van der Waals surface area contributed by atoms with Crippen molar-refractivity contribution in [1.82, 2.24) is 10.2 Å². The van der Waals surface area contributed by atoms with Crippen LogP contribution >= 0.6 is 11.8 Å². The fourth-order valence-corrected chi connectivity index (χ4v) is 4.09. The Bertz CT molecular complexity index is 725. The molecule has 1 unspecified atom stereocenters. The monoisotopic (exact) mass is 390 g/mol. The highest BCUT2D eigenvalue weighted by Gasteiger charge is 2.26. The van der Waals surface area contributed by atoms with E-state index in [0.29, 0.717) is 17.9 Å². The van der Waals surface area contributed by atoms with Gasteiger partial charge < -0.3 is 15.7 Å². The molecule has 7 nitrogen and oxygen atoms in total. The Labute approximate surface area is 163 Å². The van der Waals surface area contributed by atoms with Gasteiger partial charge in [-0.05, 0) is 55.3 Å². The number of imide groups is 1. The van der Waals surface area contributed by atoms with Crippen molar-refractivity contribution < 1.29 is 14.7 Å². The van der Waals surface area contributed by atoms with Gasteiger partial charge in [-0.1, -0.05) is 18.2 Å². The summed E-state index contributed by atoms with van der Waals surface area (Å²) in [6.07, 6.45) is 3.78.